The quantitative estimate of drug-likeness (QED) is 0.172. The summed E-state index contributed by atoms with van der Waals surface area (Å²) in [6.07, 6.45) is 1.88. The zero-order chi connectivity index (χ0) is 37.0. The van der Waals surface area contributed by atoms with Crippen molar-refractivity contribution >= 4 is 43.9 Å². The summed E-state index contributed by atoms with van der Waals surface area (Å²) in [6.45, 7) is 0. The third-order valence-corrected chi connectivity index (χ3v) is 10.6. The minimum absolute atomic E-state index is 0.663. The van der Waals surface area contributed by atoms with Gasteiger partial charge in [-0.15, -0.1) is 0 Å². The van der Waals surface area contributed by atoms with E-state index in [0.29, 0.717) is 5.82 Å². The number of furan rings is 1. The normalized spacial score (nSPS) is 11.6. The number of hydrogen-bond donors (Lipinski definition) is 0. The molecule has 0 saturated heterocycles. The van der Waals surface area contributed by atoms with Crippen molar-refractivity contribution in [3.63, 3.8) is 0 Å². The number of fused-ring (bicyclic) bond motifs is 6. The van der Waals surface area contributed by atoms with Crippen LogP contribution in [0.2, 0.25) is 0 Å². The predicted octanol–water partition coefficient (Wildman–Crippen LogP) is 13.2. The highest BCUT2D eigenvalue weighted by Crippen LogP contribution is 2.40. The van der Waals surface area contributed by atoms with E-state index >= 15 is 0 Å². The summed E-state index contributed by atoms with van der Waals surface area (Å²) >= 11 is 0. The third kappa shape index (κ3) is 5.37. The van der Waals surface area contributed by atoms with E-state index in [1.807, 2.05) is 48.7 Å². The summed E-state index contributed by atoms with van der Waals surface area (Å²) in [5, 5.41) is 3.40. The maximum absolute atomic E-state index is 6.56. The lowest BCUT2D eigenvalue weighted by atomic mass is 9.98. The molecule has 4 aromatic heterocycles. The van der Waals surface area contributed by atoms with E-state index in [1.54, 1.807) is 0 Å². The van der Waals surface area contributed by atoms with E-state index in [4.69, 9.17) is 19.4 Å². The summed E-state index contributed by atoms with van der Waals surface area (Å²) in [4.78, 5) is 15.3. The number of nitrogens with zero attached hydrogens (tertiary/aromatic N) is 4. The fourth-order valence-electron chi connectivity index (χ4n) is 8.02. The number of aromatic nitrogens is 4. The Labute approximate surface area is 322 Å². The van der Waals surface area contributed by atoms with Crippen LogP contribution in [0.1, 0.15) is 0 Å². The van der Waals surface area contributed by atoms with Crippen molar-refractivity contribution in [3.8, 4) is 61.8 Å². The molecule has 0 aliphatic heterocycles. The zero-order valence-electron chi connectivity index (χ0n) is 30.2. The Bertz CT molecular complexity index is 3200. The average molecular weight is 717 g/mol. The van der Waals surface area contributed by atoms with Crippen LogP contribution in [0.5, 0.6) is 0 Å². The molecular weight excluding hydrogens is 685 g/mol. The van der Waals surface area contributed by atoms with Gasteiger partial charge in [-0.25, -0.2) is 9.97 Å². The van der Waals surface area contributed by atoms with Crippen LogP contribution in [0.4, 0.5) is 0 Å². The van der Waals surface area contributed by atoms with Gasteiger partial charge < -0.3 is 8.98 Å². The molecular formula is C51H32N4O. The van der Waals surface area contributed by atoms with Gasteiger partial charge in [-0.05, 0) is 77.4 Å². The monoisotopic (exact) mass is 716 g/mol. The molecule has 5 nitrogen and oxygen atoms in total. The highest BCUT2D eigenvalue weighted by molar-refractivity contribution is 6.10. The fourth-order valence-corrected chi connectivity index (χ4v) is 8.02. The van der Waals surface area contributed by atoms with Crippen molar-refractivity contribution < 1.29 is 4.42 Å². The Morgan fingerprint density at radius 2 is 0.982 bits per heavy atom. The first-order valence-electron chi connectivity index (χ1n) is 18.8. The molecule has 0 N–H and O–H groups in total. The molecule has 11 rings (SSSR count). The maximum atomic E-state index is 6.56. The standard InChI is InChI=1S/C51H32N4O/c1-3-14-33(15-4-1)35-18-13-19-36(28-35)44-32-45(54-51(53-44)34-16-5-2-6-17-34)38-29-37(40-26-27-52-49-43-22-9-12-25-48(43)56-50(40)49)30-39(31-38)55-46-23-10-7-20-41(46)42-21-8-11-24-47(42)55/h1-32H. The predicted molar refractivity (Wildman–Crippen MR) is 229 cm³/mol. The molecule has 5 heteroatoms. The Hall–Kier alpha value is -7.63. The lowest BCUT2D eigenvalue weighted by Gasteiger charge is -2.15. The molecule has 0 atom stereocenters. The molecule has 0 unspecified atom stereocenters. The topological polar surface area (TPSA) is 56.7 Å². The molecule has 0 aliphatic carbocycles. The van der Waals surface area contributed by atoms with Gasteiger partial charge in [0, 0.05) is 50.3 Å². The van der Waals surface area contributed by atoms with Gasteiger partial charge in [-0.1, -0.05) is 127 Å². The Morgan fingerprint density at radius 3 is 1.73 bits per heavy atom. The average Bonchev–Trinajstić information content (AvgIpc) is 3.83. The largest absolute Gasteiger partial charge is 0.454 e. The molecule has 0 spiro atoms. The van der Waals surface area contributed by atoms with Crippen molar-refractivity contribution in [3.05, 3.63) is 194 Å². The highest BCUT2D eigenvalue weighted by Gasteiger charge is 2.19. The van der Waals surface area contributed by atoms with Crippen LogP contribution in [-0.2, 0) is 0 Å². The second-order valence-electron chi connectivity index (χ2n) is 14.0. The van der Waals surface area contributed by atoms with Crippen molar-refractivity contribution in [1.82, 2.24) is 19.5 Å². The lowest BCUT2D eigenvalue weighted by Crippen LogP contribution is -1.99. The number of hydrogen-bond acceptors (Lipinski definition) is 4. The SMILES string of the molecule is c1ccc(-c2cccc(-c3cc(-c4cc(-c5ccnc6c5oc5ccccc56)cc(-n5c6ccccc6c6ccccc65)c4)nc(-c4ccccc4)n3)c2)cc1. The van der Waals surface area contributed by atoms with Crippen LogP contribution >= 0.6 is 0 Å². The van der Waals surface area contributed by atoms with E-state index in [1.165, 1.54) is 10.8 Å². The molecule has 56 heavy (non-hydrogen) atoms. The molecule has 7 aromatic carbocycles. The molecule has 0 bridgehead atoms. The highest BCUT2D eigenvalue weighted by atomic mass is 16.3. The molecule has 0 amide bonds. The minimum Gasteiger partial charge on any atom is -0.454 e. The first kappa shape index (κ1) is 31.9. The minimum atomic E-state index is 0.663. The number of pyridine rings is 1. The van der Waals surface area contributed by atoms with Crippen molar-refractivity contribution in [1.29, 1.82) is 0 Å². The molecule has 262 valence electrons. The molecule has 4 heterocycles. The van der Waals surface area contributed by atoms with Crippen LogP contribution in [0.3, 0.4) is 0 Å². The van der Waals surface area contributed by atoms with E-state index in [9.17, 15) is 0 Å². The van der Waals surface area contributed by atoms with Crippen molar-refractivity contribution in [2.75, 3.05) is 0 Å². The van der Waals surface area contributed by atoms with E-state index in [0.717, 1.165) is 89.1 Å². The summed E-state index contributed by atoms with van der Waals surface area (Å²) in [5.41, 5.74) is 14.5. The Kier molecular flexibility index (Phi) is 7.42. The van der Waals surface area contributed by atoms with Crippen molar-refractivity contribution in [2.45, 2.75) is 0 Å². The lowest BCUT2D eigenvalue weighted by molar-refractivity contribution is 0.669. The second kappa shape index (κ2) is 13.0. The summed E-state index contributed by atoms with van der Waals surface area (Å²) in [6, 6.07) is 65.5. The van der Waals surface area contributed by atoms with Gasteiger partial charge >= 0.3 is 0 Å². The molecule has 0 radical (unpaired) electrons. The van der Waals surface area contributed by atoms with Gasteiger partial charge in [0.15, 0.2) is 11.4 Å². The molecule has 0 fully saturated rings. The maximum Gasteiger partial charge on any atom is 0.161 e. The summed E-state index contributed by atoms with van der Waals surface area (Å²) in [7, 11) is 0. The third-order valence-electron chi connectivity index (χ3n) is 10.6. The van der Waals surface area contributed by atoms with E-state index in [2.05, 4.69) is 150 Å². The summed E-state index contributed by atoms with van der Waals surface area (Å²) < 4.78 is 8.92. The molecule has 0 aliphatic rings. The van der Waals surface area contributed by atoms with Crippen LogP contribution in [-0.4, -0.2) is 19.5 Å². The van der Waals surface area contributed by atoms with E-state index < -0.39 is 0 Å². The first-order chi connectivity index (χ1) is 27.7. The smallest absolute Gasteiger partial charge is 0.161 e. The van der Waals surface area contributed by atoms with Gasteiger partial charge in [0.05, 0.1) is 22.4 Å². The van der Waals surface area contributed by atoms with Gasteiger partial charge in [0.25, 0.3) is 0 Å². The van der Waals surface area contributed by atoms with Gasteiger partial charge in [-0.3, -0.25) is 4.98 Å². The van der Waals surface area contributed by atoms with Crippen molar-refractivity contribution in [2.24, 2.45) is 0 Å². The molecule has 0 saturated carbocycles. The van der Waals surface area contributed by atoms with Crippen LogP contribution in [0, 0.1) is 0 Å². The Morgan fingerprint density at radius 1 is 0.411 bits per heavy atom. The fraction of sp³-hybridized carbons (Fsp3) is 0. The first-order valence-corrected chi connectivity index (χ1v) is 18.8. The number of rotatable bonds is 6. The second-order valence-corrected chi connectivity index (χ2v) is 14.0. The van der Waals surface area contributed by atoms with Crippen LogP contribution in [0.15, 0.2) is 199 Å². The number of para-hydroxylation sites is 3. The number of benzene rings is 7. The van der Waals surface area contributed by atoms with Crippen LogP contribution in [0.25, 0.3) is 106 Å². The van der Waals surface area contributed by atoms with Gasteiger partial charge in [-0.2, -0.15) is 0 Å². The zero-order valence-corrected chi connectivity index (χ0v) is 30.2. The Balaban J connectivity index is 1.19. The van der Waals surface area contributed by atoms with Gasteiger partial charge in [0.1, 0.15) is 11.1 Å². The van der Waals surface area contributed by atoms with E-state index in [-0.39, 0.29) is 0 Å². The van der Waals surface area contributed by atoms with Gasteiger partial charge in [0.2, 0.25) is 0 Å². The molecule has 11 aromatic rings. The van der Waals surface area contributed by atoms with Crippen LogP contribution < -0.4 is 0 Å². The summed E-state index contributed by atoms with van der Waals surface area (Å²) in [5.74, 6) is 0.663.